The predicted octanol–water partition coefficient (Wildman–Crippen LogP) is 4.83. The van der Waals surface area contributed by atoms with E-state index in [1.807, 2.05) is 12.3 Å². The normalized spacial score (nSPS) is 13.7. The molecule has 0 fully saturated rings. The number of rotatable bonds is 3. The quantitative estimate of drug-likeness (QED) is 0.632. The molecule has 23 heavy (non-hydrogen) atoms. The van der Waals surface area contributed by atoms with Crippen LogP contribution in [-0.2, 0) is 13.1 Å². The van der Waals surface area contributed by atoms with Gasteiger partial charge in [-0.25, -0.2) is 0 Å². The van der Waals surface area contributed by atoms with Crippen LogP contribution in [-0.4, -0.2) is 11.2 Å². The molecule has 0 radical (unpaired) electrons. The maximum Gasteiger partial charge on any atom is 0.0620 e. The summed E-state index contributed by atoms with van der Waals surface area (Å²) in [5.74, 6) is 0. The average molecular weight is 298 g/mol. The third kappa shape index (κ3) is 2.64. The van der Waals surface area contributed by atoms with E-state index in [9.17, 15) is 0 Å². The Hall–Kier alpha value is -2.87. The number of nitrogens with zero attached hydrogens (tertiary/aromatic N) is 2. The second-order valence-electron chi connectivity index (χ2n) is 5.87. The van der Waals surface area contributed by atoms with Crippen LogP contribution < -0.4 is 0 Å². The molecule has 4 rings (SSSR count). The predicted molar refractivity (Wildman–Crippen MR) is 97.3 cm³/mol. The van der Waals surface area contributed by atoms with Crippen LogP contribution in [0.1, 0.15) is 22.3 Å². The minimum atomic E-state index is 0.857. The molecule has 0 aromatic heterocycles. The highest BCUT2D eigenvalue weighted by Gasteiger charge is 2.16. The van der Waals surface area contributed by atoms with Crippen LogP contribution in [0.4, 0.5) is 0 Å². The van der Waals surface area contributed by atoms with Crippen LogP contribution in [0.15, 0.2) is 72.3 Å². The molecule has 0 saturated carbocycles. The summed E-state index contributed by atoms with van der Waals surface area (Å²) in [5.41, 5.74) is 4.93. The summed E-state index contributed by atoms with van der Waals surface area (Å²) in [6.07, 6.45) is 3.78. The minimum Gasteiger partial charge on any atom is -0.288 e. The van der Waals surface area contributed by atoms with E-state index >= 15 is 0 Å². The highest BCUT2D eigenvalue weighted by atomic mass is 15.4. The molecule has 0 amide bonds. The number of benzene rings is 3. The fraction of sp³-hybridized carbons (Fsp3) is 0.0952. The van der Waals surface area contributed by atoms with Gasteiger partial charge in [0, 0.05) is 0 Å². The molecule has 3 aromatic rings. The van der Waals surface area contributed by atoms with Crippen molar-refractivity contribution in [3.63, 3.8) is 0 Å². The van der Waals surface area contributed by atoms with Gasteiger partial charge in [-0.05, 0) is 33.0 Å². The molecule has 2 heteroatoms. The van der Waals surface area contributed by atoms with Crippen LogP contribution in [0.3, 0.4) is 0 Å². The zero-order valence-corrected chi connectivity index (χ0v) is 12.9. The number of hydrogen-bond donors (Lipinski definition) is 0. The molecule has 1 aliphatic heterocycles. The van der Waals surface area contributed by atoms with Crippen molar-refractivity contribution in [3.05, 3.63) is 89.5 Å². The van der Waals surface area contributed by atoms with Gasteiger partial charge in [0.25, 0.3) is 0 Å². The Kier molecular flexibility index (Phi) is 3.43. The third-order valence-corrected chi connectivity index (χ3v) is 4.33. The lowest BCUT2D eigenvalue weighted by atomic mass is 9.96. The molecule has 0 aliphatic carbocycles. The largest absolute Gasteiger partial charge is 0.288 e. The van der Waals surface area contributed by atoms with E-state index in [1.54, 1.807) is 0 Å². The molecule has 0 atom stereocenters. The summed E-state index contributed by atoms with van der Waals surface area (Å²) < 4.78 is 0. The Balaban J connectivity index is 1.60. The lowest BCUT2D eigenvalue weighted by molar-refractivity contribution is 0.268. The van der Waals surface area contributed by atoms with Crippen molar-refractivity contribution in [3.8, 4) is 0 Å². The summed E-state index contributed by atoms with van der Waals surface area (Å²) in [7, 11) is 0. The van der Waals surface area contributed by atoms with Crippen molar-refractivity contribution >= 4 is 23.1 Å². The topological polar surface area (TPSA) is 15.6 Å². The fourth-order valence-corrected chi connectivity index (χ4v) is 3.16. The van der Waals surface area contributed by atoms with Crippen LogP contribution in [0.2, 0.25) is 0 Å². The molecular formula is C21H18N2. The van der Waals surface area contributed by atoms with Crippen molar-refractivity contribution < 1.29 is 0 Å². The molecule has 112 valence electrons. The molecule has 1 aliphatic rings. The smallest absolute Gasteiger partial charge is 0.0620 e. The third-order valence-electron chi connectivity index (χ3n) is 4.33. The van der Waals surface area contributed by atoms with Gasteiger partial charge < -0.3 is 0 Å². The monoisotopic (exact) mass is 298 g/mol. The summed E-state index contributed by atoms with van der Waals surface area (Å²) in [6.45, 7) is 5.49. The van der Waals surface area contributed by atoms with Gasteiger partial charge in [-0.2, -0.15) is 5.10 Å². The summed E-state index contributed by atoms with van der Waals surface area (Å²) >= 11 is 0. The van der Waals surface area contributed by atoms with Gasteiger partial charge in [-0.3, -0.25) is 5.01 Å². The van der Waals surface area contributed by atoms with Gasteiger partial charge in [0.05, 0.1) is 19.3 Å². The maximum atomic E-state index is 4.68. The van der Waals surface area contributed by atoms with Crippen LogP contribution in [0.25, 0.3) is 16.8 Å². The van der Waals surface area contributed by atoms with Gasteiger partial charge >= 0.3 is 0 Å². The summed E-state index contributed by atoms with van der Waals surface area (Å²) in [5, 5.41) is 9.52. The maximum absolute atomic E-state index is 4.68. The Morgan fingerprint density at radius 1 is 0.826 bits per heavy atom. The molecule has 0 spiro atoms. The fourth-order valence-electron chi connectivity index (χ4n) is 3.16. The van der Waals surface area contributed by atoms with Crippen molar-refractivity contribution in [2.75, 3.05) is 0 Å². The first-order valence-electron chi connectivity index (χ1n) is 7.84. The lowest BCUT2D eigenvalue weighted by Crippen LogP contribution is -2.21. The van der Waals surface area contributed by atoms with E-state index in [1.165, 1.54) is 21.9 Å². The van der Waals surface area contributed by atoms with E-state index in [-0.39, 0.29) is 0 Å². The van der Waals surface area contributed by atoms with E-state index in [0.717, 1.165) is 24.2 Å². The first kappa shape index (κ1) is 13.8. The summed E-state index contributed by atoms with van der Waals surface area (Å²) in [4.78, 5) is 0. The van der Waals surface area contributed by atoms with E-state index < -0.39 is 0 Å². The van der Waals surface area contributed by atoms with Crippen molar-refractivity contribution in [1.29, 1.82) is 0 Å². The van der Waals surface area contributed by atoms with Crippen LogP contribution in [0, 0.1) is 0 Å². The Bertz CT molecular complexity index is 851. The molecule has 0 unspecified atom stereocenters. The molecule has 1 heterocycles. The standard InChI is InChI=1S/C21H18N2/c1-2-16-9-11-17(12-10-16)13-22-23-14-19-7-3-5-18-6-4-8-20(15-23)21(18)19/h2-13H,1,14-15H2. The van der Waals surface area contributed by atoms with E-state index in [4.69, 9.17) is 0 Å². The lowest BCUT2D eigenvalue weighted by Gasteiger charge is -2.26. The second-order valence-corrected chi connectivity index (χ2v) is 5.87. The number of hydrogen-bond acceptors (Lipinski definition) is 2. The number of hydrazone groups is 1. The van der Waals surface area contributed by atoms with Gasteiger partial charge in [0.1, 0.15) is 0 Å². The van der Waals surface area contributed by atoms with Crippen LogP contribution in [0.5, 0.6) is 0 Å². The summed E-state index contributed by atoms with van der Waals surface area (Å²) in [6, 6.07) is 21.3. The minimum absolute atomic E-state index is 0.857. The van der Waals surface area contributed by atoms with Gasteiger partial charge in [-0.15, -0.1) is 0 Å². The first-order chi connectivity index (χ1) is 11.3. The first-order valence-corrected chi connectivity index (χ1v) is 7.84. The second kappa shape index (κ2) is 5.73. The van der Waals surface area contributed by atoms with Crippen molar-refractivity contribution in [2.45, 2.75) is 13.1 Å². The van der Waals surface area contributed by atoms with Gasteiger partial charge in [0.15, 0.2) is 0 Å². The molecule has 0 bridgehead atoms. The van der Waals surface area contributed by atoms with E-state index in [0.29, 0.717) is 0 Å². The average Bonchev–Trinajstić information content (AvgIpc) is 2.61. The Labute approximate surface area is 136 Å². The van der Waals surface area contributed by atoms with Crippen molar-refractivity contribution in [1.82, 2.24) is 5.01 Å². The molecular weight excluding hydrogens is 280 g/mol. The highest BCUT2D eigenvalue weighted by Crippen LogP contribution is 2.29. The van der Waals surface area contributed by atoms with Gasteiger partial charge in [0.2, 0.25) is 0 Å². The SMILES string of the molecule is C=Cc1ccc(C=NN2Cc3cccc4cccc(c34)C2)cc1. The zero-order chi connectivity index (χ0) is 15.6. The van der Waals surface area contributed by atoms with Crippen LogP contribution >= 0.6 is 0 Å². The molecule has 2 nitrogen and oxygen atoms in total. The molecule has 3 aromatic carbocycles. The highest BCUT2D eigenvalue weighted by molar-refractivity contribution is 5.89. The Morgan fingerprint density at radius 2 is 1.43 bits per heavy atom. The zero-order valence-electron chi connectivity index (χ0n) is 12.9. The molecule has 0 N–H and O–H groups in total. The molecule has 0 saturated heterocycles. The van der Waals surface area contributed by atoms with Crippen molar-refractivity contribution in [2.24, 2.45) is 5.10 Å². The Morgan fingerprint density at radius 3 is 2.04 bits per heavy atom. The van der Waals surface area contributed by atoms with Gasteiger partial charge in [-0.1, -0.05) is 73.3 Å². The van der Waals surface area contributed by atoms with E-state index in [2.05, 4.69) is 77.4 Å².